The maximum absolute atomic E-state index is 13.4. The summed E-state index contributed by atoms with van der Waals surface area (Å²) in [6.45, 7) is 2.34. The number of carbonyl (C=O) groups is 1. The average Bonchev–Trinajstić information content (AvgIpc) is 3.11. The number of nitrogens with one attached hydrogen (secondary N) is 1. The molecule has 0 fully saturated rings. The topological polar surface area (TPSA) is 59.8 Å². The highest BCUT2D eigenvalue weighted by Gasteiger charge is 2.18. The highest BCUT2D eigenvalue weighted by Crippen LogP contribution is 2.20. The van der Waals surface area contributed by atoms with Gasteiger partial charge in [0, 0.05) is 18.4 Å². The van der Waals surface area contributed by atoms with Crippen LogP contribution in [0.5, 0.6) is 0 Å². The highest BCUT2D eigenvalue weighted by atomic mass is 19.1. The Balaban J connectivity index is 1.64. The molecular formula is C22H19FN4O. The third-order valence-electron chi connectivity index (χ3n) is 4.66. The first kappa shape index (κ1) is 17.9. The lowest BCUT2D eigenvalue weighted by atomic mass is 10.1. The average molecular weight is 374 g/mol. The molecule has 0 aliphatic heterocycles. The Morgan fingerprint density at radius 2 is 1.86 bits per heavy atom. The van der Waals surface area contributed by atoms with Gasteiger partial charge in [0.1, 0.15) is 5.82 Å². The zero-order valence-electron chi connectivity index (χ0n) is 15.3. The van der Waals surface area contributed by atoms with Crippen LogP contribution in [0, 0.1) is 12.7 Å². The fraction of sp³-hybridized carbons (Fsp3) is 0.136. The van der Waals surface area contributed by atoms with E-state index in [1.807, 2.05) is 35.8 Å². The quantitative estimate of drug-likeness (QED) is 0.573. The molecule has 0 unspecified atom stereocenters. The minimum Gasteiger partial charge on any atom is -0.343 e. The van der Waals surface area contributed by atoms with Gasteiger partial charge in [-0.25, -0.2) is 9.37 Å². The van der Waals surface area contributed by atoms with Gasteiger partial charge in [-0.3, -0.25) is 9.78 Å². The van der Waals surface area contributed by atoms with Crippen LogP contribution in [0.3, 0.4) is 0 Å². The van der Waals surface area contributed by atoms with Crippen molar-refractivity contribution in [2.75, 3.05) is 0 Å². The van der Waals surface area contributed by atoms with Gasteiger partial charge in [0.05, 0.1) is 29.0 Å². The van der Waals surface area contributed by atoms with Crippen LogP contribution in [0.15, 0.2) is 73.2 Å². The number of aromatic nitrogens is 3. The second-order valence-electron chi connectivity index (χ2n) is 6.65. The fourth-order valence-electron chi connectivity index (χ4n) is 3.13. The smallest absolute Gasteiger partial charge is 0.253 e. The third kappa shape index (κ3) is 3.76. The Morgan fingerprint density at radius 1 is 1.07 bits per heavy atom. The van der Waals surface area contributed by atoms with Gasteiger partial charge in [0.15, 0.2) is 0 Å². The molecule has 0 spiro atoms. The van der Waals surface area contributed by atoms with E-state index in [4.69, 9.17) is 0 Å². The molecule has 1 N–H and O–H groups in total. The molecule has 0 aliphatic rings. The Bertz CT molecular complexity index is 1100. The standard InChI is InChI=1S/C22H19FN4O/c1-15-6-7-17(12-24-15)22(28)26-20(16-8-10-18(23)11-9-16)13-27-14-25-19-4-2-3-5-21(19)27/h2-12,14,20H,13H2,1H3,(H,26,28)/t20-/m1/s1. The Labute approximate surface area is 161 Å². The molecule has 1 amide bonds. The summed E-state index contributed by atoms with van der Waals surface area (Å²) in [6.07, 6.45) is 3.31. The van der Waals surface area contributed by atoms with Crippen LogP contribution in [-0.4, -0.2) is 20.4 Å². The van der Waals surface area contributed by atoms with E-state index in [-0.39, 0.29) is 17.8 Å². The summed E-state index contributed by atoms with van der Waals surface area (Å²) < 4.78 is 15.4. The Morgan fingerprint density at radius 3 is 2.61 bits per heavy atom. The van der Waals surface area contributed by atoms with Gasteiger partial charge in [-0.15, -0.1) is 0 Å². The number of rotatable bonds is 5. The molecule has 28 heavy (non-hydrogen) atoms. The highest BCUT2D eigenvalue weighted by molar-refractivity contribution is 5.94. The van der Waals surface area contributed by atoms with E-state index in [9.17, 15) is 9.18 Å². The van der Waals surface area contributed by atoms with Crippen molar-refractivity contribution in [2.24, 2.45) is 0 Å². The molecule has 6 heteroatoms. The van der Waals surface area contributed by atoms with Gasteiger partial charge in [-0.2, -0.15) is 0 Å². The minimum atomic E-state index is -0.355. The zero-order chi connectivity index (χ0) is 19.5. The van der Waals surface area contributed by atoms with Crippen molar-refractivity contribution in [1.82, 2.24) is 19.9 Å². The van der Waals surface area contributed by atoms with Gasteiger partial charge in [0.2, 0.25) is 0 Å². The van der Waals surface area contributed by atoms with E-state index in [0.717, 1.165) is 22.3 Å². The number of carbonyl (C=O) groups excluding carboxylic acids is 1. The van der Waals surface area contributed by atoms with Crippen molar-refractivity contribution >= 4 is 16.9 Å². The summed E-state index contributed by atoms with van der Waals surface area (Å²) in [7, 11) is 0. The molecule has 0 saturated heterocycles. The van der Waals surface area contributed by atoms with Crippen LogP contribution in [0.2, 0.25) is 0 Å². The normalized spacial score (nSPS) is 12.1. The monoisotopic (exact) mass is 374 g/mol. The molecule has 0 radical (unpaired) electrons. The maximum atomic E-state index is 13.4. The summed E-state index contributed by atoms with van der Waals surface area (Å²) in [5.41, 5.74) is 3.99. The lowest BCUT2D eigenvalue weighted by Gasteiger charge is -2.20. The minimum absolute atomic E-state index is 0.230. The van der Waals surface area contributed by atoms with Crippen LogP contribution in [0.4, 0.5) is 4.39 Å². The number of nitrogens with zero attached hydrogens (tertiary/aromatic N) is 3. The van der Waals surface area contributed by atoms with Crippen molar-refractivity contribution in [1.29, 1.82) is 0 Å². The van der Waals surface area contributed by atoms with Crippen molar-refractivity contribution in [2.45, 2.75) is 19.5 Å². The molecule has 5 nitrogen and oxygen atoms in total. The first-order valence-corrected chi connectivity index (χ1v) is 8.99. The van der Waals surface area contributed by atoms with Crippen LogP contribution in [0.25, 0.3) is 11.0 Å². The summed E-state index contributed by atoms with van der Waals surface area (Å²) >= 11 is 0. The van der Waals surface area contributed by atoms with Crippen molar-refractivity contribution in [3.8, 4) is 0 Å². The lowest BCUT2D eigenvalue weighted by molar-refractivity contribution is 0.0932. The number of aryl methyl sites for hydroxylation is 1. The molecule has 0 aliphatic carbocycles. The van der Waals surface area contributed by atoms with Gasteiger partial charge in [0.25, 0.3) is 5.91 Å². The second-order valence-corrected chi connectivity index (χ2v) is 6.65. The van der Waals surface area contributed by atoms with Crippen LogP contribution < -0.4 is 5.32 Å². The molecule has 1 atom stereocenters. The molecule has 140 valence electrons. The van der Waals surface area contributed by atoms with Gasteiger partial charge in [-0.1, -0.05) is 24.3 Å². The van der Waals surface area contributed by atoms with Crippen LogP contribution in [0.1, 0.15) is 27.7 Å². The Hall–Kier alpha value is -3.54. The fourth-order valence-corrected chi connectivity index (χ4v) is 3.13. The van der Waals surface area contributed by atoms with Crippen molar-refractivity contribution in [3.63, 3.8) is 0 Å². The molecule has 0 saturated carbocycles. The Kier molecular flexibility index (Phi) is 4.85. The number of halogens is 1. The number of amides is 1. The van der Waals surface area contributed by atoms with Gasteiger partial charge in [-0.05, 0) is 48.9 Å². The number of pyridine rings is 1. The summed E-state index contributed by atoms with van der Waals surface area (Å²) in [6, 6.07) is 17.2. The van der Waals surface area contributed by atoms with E-state index in [0.29, 0.717) is 12.1 Å². The largest absolute Gasteiger partial charge is 0.343 e. The van der Waals surface area contributed by atoms with E-state index in [1.165, 1.54) is 12.1 Å². The number of hydrogen-bond acceptors (Lipinski definition) is 3. The third-order valence-corrected chi connectivity index (χ3v) is 4.66. The number of benzene rings is 2. The summed E-state index contributed by atoms with van der Waals surface area (Å²) in [5, 5.41) is 3.04. The molecule has 4 aromatic rings. The first-order chi connectivity index (χ1) is 13.6. The number of imidazole rings is 1. The molecule has 2 aromatic carbocycles. The predicted molar refractivity (Wildman–Crippen MR) is 105 cm³/mol. The molecule has 2 heterocycles. The summed E-state index contributed by atoms with van der Waals surface area (Å²) in [5.74, 6) is -0.545. The maximum Gasteiger partial charge on any atom is 0.253 e. The lowest BCUT2D eigenvalue weighted by Crippen LogP contribution is -2.31. The molecular weight excluding hydrogens is 355 g/mol. The van der Waals surface area contributed by atoms with Crippen LogP contribution >= 0.6 is 0 Å². The summed E-state index contributed by atoms with van der Waals surface area (Å²) in [4.78, 5) is 21.3. The number of hydrogen-bond donors (Lipinski definition) is 1. The second kappa shape index (κ2) is 7.60. The number of para-hydroxylation sites is 2. The van der Waals surface area contributed by atoms with E-state index >= 15 is 0 Å². The van der Waals surface area contributed by atoms with Gasteiger partial charge < -0.3 is 9.88 Å². The number of fused-ring (bicyclic) bond motifs is 1. The van der Waals surface area contributed by atoms with Crippen molar-refractivity contribution < 1.29 is 9.18 Å². The van der Waals surface area contributed by atoms with Crippen molar-refractivity contribution in [3.05, 3.63) is 95.8 Å². The zero-order valence-corrected chi connectivity index (χ0v) is 15.3. The molecule has 4 rings (SSSR count). The predicted octanol–water partition coefficient (Wildman–Crippen LogP) is 4.05. The molecule has 2 aromatic heterocycles. The van der Waals surface area contributed by atoms with E-state index in [1.54, 1.807) is 36.8 Å². The van der Waals surface area contributed by atoms with Gasteiger partial charge >= 0.3 is 0 Å². The van der Waals surface area contributed by atoms with E-state index < -0.39 is 0 Å². The SMILES string of the molecule is Cc1ccc(C(=O)N[C@H](Cn2cnc3ccccc32)c2ccc(F)cc2)cn1. The van der Waals surface area contributed by atoms with E-state index in [2.05, 4.69) is 15.3 Å². The molecule has 0 bridgehead atoms. The first-order valence-electron chi connectivity index (χ1n) is 8.99. The van der Waals surface area contributed by atoms with Crippen LogP contribution in [-0.2, 0) is 6.54 Å².